The van der Waals surface area contributed by atoms with Crippen LogP contribution in [0.4, 0.5) is 17.3 Å². The number of benzene rings is 1. The number of hydrogen-bond donors (Lipinski definition) is 2. The van der Waals surface area contributed by atoms with Gasteiger partial charge in [0.05, 0.1) is 19.4 Å². The van der Waals surface area contributed by atoms with Gasteiger partial charge in [0.2, 0.25) is 5.91 Å². The van der Waals surface area contributed by atoms with Crippen LogP contribution in [0.2, 0.25) is 0 Å². The summed E-state index contributed by atoms with van der Waals surface area (Å²) in [7, 11) is 0. The van der Waals surface area contributed by atoms with E-state index in [1.165, 1.54) is 17.3 Å². The molecule has 9 heteroatoms. The third-order valence-electron chi connectivity index (χ3n) is 7.18. The second kappa shape index (κ2) is 8.20. The van der Waals surface area contributed by atoms with Crippen molar-refractivity contribution < 1.29 is 9.53 Å². The van der Waals surface area contributed by atoms with E-state index in [2.05, 4.69) is 27.9 Å². The van der Waals surface area contributed by atoms with Gasteiger partial charge in [-0.15, -0.1) is 0 Å². The fourth-order valence-electron chi connectivity index (χ4n) is 5.20. The highest BCUT2D eigenvalue weighted by molar-refractivity contribution is 7.99. The van der Waals surface area contributed by atoms with Gasteiger partial charge in [0.25, 0.3) is 0 Å². The van der Waals surface area contributed by atoms with Gasteiger partial charge < -0.3 is 26.0 Å². The lowest BCUT2D eigenvalue weighted by Gasteiger charge is -2.41. The van der Waals surface area contributed by atoms with Crippen molar-refractivity contribution in [3.63, 3.8) is 0 Å². The molecule has 0 aliphatic carbocycles. The van der Waals surface area contributed by atoms with Gasteiger partial charge in [-0.05, 0) is 30.5 Å². The number of hydrogen-bond acceptors (Lipinski definition) is 8. The summed E-state index contributed by atoms with van der Waals surface area (Å²) in [4.78, 5) is 26.5. The van der Waals surface area contributed by atoms with Crippen molar-refractivity contribution in [3.05, 3.63) is 30.0 Å². The van der Waals surface area contributed by atoms with Gasteiger partial charge in [-0.3, -0.25) is 4.79 Å². The van der Waals surface area contributed by atoms with Crippen LogP contribution >= 0.6 is 11.8 Å². The van der Waals surface area contributed by atoms with Gasteiger partial charge in [-0.2, -0.15) is 0 Å². The van der Waals surface area contributed by atoms with Gasteiger partial charge in [-0.25, -0.2) is 9.97 Å². The number of ether oxygens (including phenoxy) is 1. The fraction of sp³-hybridized carbons (Fsp3) is 0.522. The Hall–Kier alpha value is -2.36. The first-order valence-corrected chi connectivity index (χ1v) is 12.0. The fourth-order valence-corrected chi connectivity index (χ4v) is 6.23. The summed E-state index contributed by atoms with van der Waals surface area (Å²) < 4.78 is 5.63. The molecule has 2 fully saturated rings. The summed E-state index contributed by atoms with van der Waals surface area (Å²) in [6.07, 6.45) is 3.80. The molecule has 8 nitrogen and oxygen atoms in total. The van der Waals surface area contributed by atoms with Crippen molar-refractivity contribution in [1.82, 2.24) is 9.97 Å². The molecule has 1 aromatic carbocycles. The van der Waals surface area contributed by atoms with E-state index in [1.807, 2.05) is 23.2 Å². The maximum absolute atomic E-state index is 12.0. The lowest BCUT2D eigenvalue weighted by Crippen LogP contribution is -2.49. The summed E-state index contributed by atoms with van der Waals surface area (Å²) in [6, 6.07) is 6.17. The Morgan fingerprint density at radius 3 is 2.75 bits per heavy atom. The minimum absolute atomic E-state index is 0.0647. The monoisotopic (exact) mass is 454 g/mol. The number of nitrogens with two attached hydrogens (primary N) is 2. The summed E-state index contributed by atoms with van der Waals surface area (Å²) in [5, 5.41) is 0.690. The Morgan fingerprint density at radius 1 is 1.31 bits per heavy atom. The molecule has 3 aliphatic rings. The molecular weight excluding hydrogens is 424 g/mol. The number of carbonyl (C=O) groups is 1. The number of carbonyl (C=O) groups excluding carboxylic acids is 1. The largest absolute Gasteiger partial charge is 0.381 e. The molecule has 3 aliphatic heterocycles. The predicted molar refractivity (Wildman–Crippen MR) is 126 cm³/mol. The third-order valence-corrected chi connectivity index (χ3v) is 8.26. The molecule has 1 amide bonds. The molecule has 1 spiro atoms. The third kappa shape index (κ3) is 3.62. The summed E-state index contributed by atoms with van der Waals surface area (Å²) >= 11 is 1.52. The highest BCUT2D eigenvalue weighted by Gasteiger charge is 2.44. The normalized spacial score (nSPS) is 24.2. The smallest absolute Gasteiger partial charge is 0.223 e. The number of nitrogen functional groups attached to an aromatic ring is 1. The van der Waals surface area contributed by atoms with Crippen molar-refractivity contribution >= 4 is 35.0 Å². The Balaban J connectivity index is 1.33. The van der Waals surface area contributed by atoms with Gasteiger partial charge in [0, 0.05) is 54.5 Å². The molecule has 170 valence electrons. The standard InChI is InChI=1S/C23H30N6O2S/c1-14-11-29(15(2)30)16-4-3-5-17(20(14)16)32-22-21(25)27-19(10-26-22)28-8-6-23(7-9-28)13-31-12-18(23)24/h3-5,10,14,18H,6-9,11-13,24H2,1-2H3,(H2,25,27)/t14?,18-/m1/s1. The van der Waals surface area contributed by atoms with Crippen molar-refractivity contribution in [2.24, 2.45) is 11.1 Å². The Bertz CT molecular complexity index is 1040. The second-order valence-corrected chi connectivity index (χ2v) is 10.2. The van der Waals surface area contributed by atoms with E-state index in [9.17, 15) is 4.79 Å². The summed E-state index contributed by atoms with van der Waals surface area (Å²) in [5.74, 6) is 1.57. The number of fused-ring (bicyclic) bond motifs is 1. The van der Waals surface area contributed by atoms with E-state index in [4.69, 9.17) is 16.2 Å². The first kappa shape index (κ1) is 21.5. The van der Waals surface area contributed by atoms with E-state index in [1.54, 1.807) is 6.92 Å². The lowest BCUT2D eigenvalue weighted by molar-refractivity contribution is -0.116. The zero-order chi connectivity index (χ0) is 22.5. The average molecular weight is 455 g/mol. The zero-order valence-corrected chi connectivity index (χ0v) is 19.4. The van der Waals surface area contributed by atoms with Crippen LogP contribution in [0.3, 0.4) is 0 Å². The van der Waals surface area contributed by atoms with Crippen molar-refractivity contribution in [1.29, 1.82) is 0 Å². The van der Waals surface area contributed by atoms with Crippen molar-refractivity contribution in [2.75, 3.05) is 48.4 Å². The topological polar surface area (TPSA) is 111 Å². The predicted octanol–water partition coefficient (Wildman–Crippen LogP) is 2.62. The molecule has 0 saturated carbocycles. The number of nitrogens with zero attached hydrogens (tertiary/aromatic N) is 4. The maximum atomic E-state index is 12.0. The highest BCUT2D eigenvalue weighted by atomic mass is 32.2. The molecule has 2 atom stereocenters. The SMILES string of the molecule is CC(=O)N1CC(C)c2c(Sc3ncc(N4CCC5(CC4)COC[C@H]5N)nc3N)cccc21. The van der Waals surface area contributed by atoms with Crippen LogP contribution in [-0.4, -0.2) is 54.8 Å². The van der Waals surface area contributed by atoms with E-state index < -0.39 is 0 Å². The molecule has 32 heavy (non-hydrogen) atoms. The van der Waals surface area contributed by atoms with Gasteiger partial charge >= 0.3 is 0 Å². The quantitative estimate of drug-likeness (QED) is 0.728. The molecule has 1 unspecified atom stereocenters. The molecular formula is C23H30N6O2S. The van der Waals surface area contributed by atoms with Crippen LogP contribution in [0.25, 0.3) is 0 Å². The first-order valence-electron chi connectivity index (χ1n) is 11.2. The van der Waals surface area contributed by atoms with Gasteiger partial charge in [-0.1, -0.05) is 24.8 Å². The number of piperidine rings is 1. The van der Waals surface area contributed by atoms with Crippen molar-refractivity contribution in [3.8, 4) is 0 Å². The van der Waals surface area contributed by atoms with Crippen LogP contribution in [0.5, 0.6) is 0 Å². The Morgan fingerprint density at radius 2 is 2.09 bits per heavy atom. The number of rotatable bonds is 3. The molecule has 5 rings (SSSR count). The van der Waals surface area contributed by atoms with Crippen molar-refractivity contribution in [2.45, 2.75) is 48.6 Å². The molecule has 2 saturated heterocycles. The summed E-state index contributed by atoms with van der Waals surface area (Å²) in [6.45, 7) is 7.63. The van der Waals surface area contributed by atoms with Crippen LogP contribution in [0, 0.1) is 5.41 Å². The Labute approximate surface area is 192 Å². The zero-order valence-electron chi connectivity index (χ0n) is 18.6. The molecule has 0 bridgehead atoms. The first-order chi connectivity index (χ1) is 15.4. The summed E-state index contributed by atoms with van der Waals surface area (Å²) in [5.41, 5.74) is 14.9. The van der Waals surface area contributed by atoms with E-state index >= 15 is 0 Å². The van der Waals surface area contributed by atoms with E-state index in [0.29, 0.717) is 24.0 Å². The highest BCUT2D eigenvalue weighted by Crippen LogP contribution is 2.45. The minimum atomic E-state index is 0.0647. The van der Waals surface area contributed by atoms with Crippen LogP contribution < -0.4 is 21.3 Å². The Kier molecular flexibility index (Phi) is 5.51. The molecule has 1 aromatic heterocycles. The van der Waals surface area contributed by atoms with Crippen LogP contribution in [-0.2, 0) is 9.53 Å². The van der Waals surface area contributed by atoms with Crippen LogP contribution in [0.1, 0.15) is 38.2 Å². The number of aromatic nitrogens is 2. The lowest BCUT2D eigenvalue weighted by atomic mass is 9.75. The molecule has 0 radical (unpaired) electrons. The second-order valence-electron chi connectivity index (χ2n) is 9.21. The molecule has 2 aromatic rings. The van der Waals surface area contributed by atoms with Gasteiger partial charge in [0.1, 0.15) is 10.8 Å². The van der Waals surface area contributed by atoms with E-state index in [0.717, 1.165) is 48.9 Å². The molecule has 4 heterocycles. The van der Waals surface area contributed by atoms with Gasteiger partial charge in [0.15, 0.2) is 5.82 Å². The maximum Gasteiger partial charge on any atom is 0.223 e. The van der Waals surface area contributed by atoms with Crippen LogP contribution in [0.15, 0.2) is 34.3 Å². The average Bonchev–Trinajstić information content (AvgIpc) is 3.31. The number of anilines is 3. The van der Waals surface area contributed by atoms with E-state index in [-0.39, 0.29) is 23.3 Å². The number of amides is 1. The molecule has 4 N–H and O–H groups in total. The minimum Gasteiger partial charge on any atom is -0.381 e.